The second kappa shape index (κ2) is 30.6. The molecule has 1 aromatic carbocycles. The molecule has 0 aliphatic heterocycles. The molecule has 1 N–H and O–H groups in total. The van der Waals surface area contributed by atoms with E-state index < -0.39 is 5.97 Å². The Labute approximate surface area is 296 Å². The van der Waals surface area contributed by atoms with Crippen LogP contribution in [0.2, 0.25) is 0 Å². The van der Waals surface area contributed by atoms with Crippen molar-refractivity contribution in [1.82, 2.24) is 0 Å². The molecule has 0 heterocycles. The van der Waals surface area contributed by atoms with Crippen LogP contribution >= 0.6 is 0 Å². The van der Waals surface area contributed by atoms with Gasteiger partial charge in [0.15, 0.2) is 11.5 Å². The van der Waals surface area contributed by atoms with Crippen molar-refractivity contribution in [3.05, 3.63) is 17.7 Å². The van der Waals surface area contributed by atoms with Gasteiger partial charge in [-0.3, -0.25) is 0 Å². The standard InChI is InChI=1S/C30H52O12.C4H10O.C2H6/c1-29(2,3)41-20-16-36-12-10-34-14-18-39-26-23-24(28(32)33-7)22-25(38-9-8-31)27(26)40-19-15-35-11-13-37-17-21-42-30(4,5)6;1-4(2)5-3;1-2/h22-23,31H,8-21H2,1-7H3;4H,1-3H3;1-2H3. The quantitative estimate of drug-likeness (QED) is 0.103. The second-order valence-corrected chi connectivity index (χ2v) is 12.2. The Morgan fingerprint density at radius 1 is 0.612 bits per heavy atom. The van der Waals surface area contributed by atoms with Gasteiger partial charge in [-0.05, 0) is 67.5 Å². The van der Waals surface area contributed by atoms with E-state index in [0.29, 0.717) is 59.0 Å². The first-order valence-electron chi connectivity index (χ1n) is 17.1. The van der Waals surface area contributed by atoms with E-state index in [-0.39, 0.29) is 73.7 Å². The summed E-state index contributed by atoms with van der Waals surface area (Å²) in [6, 6.07) is 2.99. The number of carbonyl (C=O) groups is 1. The Hall–Kier alpha value is -2.23. The molecule has 0 bridgehead atoms. The highest BCUT2D eigenvalue weighted by atomic mass is 16.6. The molecule has 0 aliphatic carbocycles. The summed E-state index contributed by atoms with van der Waals surface area (Å²) >= 11 is 0. The summed E-state index contributed by atoms with van der Waals surface area (Å²) in [5.74, 6) is 0.209. The number of esters is 1. The Kier molecular flexibility index (Phi) is 30.5. The van der Waals surface area contributed by atoms with E-state index in [1.165, 1.54) is 19.2 Å². The fraction of sp³-hybridized carbons (Fsp3) is 0.806. The number of hydrogen-bond donors (Lipinski definition) is 1. The van der Waals surface area contributed by atoms with Crippen LogP contribution in [0.3, 0.4) is 0 Å². The Morgan fingerprint density at radius 2 is 0.959 bits per heavy atom. The third kappa shape index (κ3) is 30.3. The first-order chi connectivity index (χ1) is 23.2. The Morgan fingerprint density at radius 3 is 1.31 bits per heavy atom. The van der Waals surface area contributed by atoms with Crippen LogP contribution in [0, 0.1) is 0 Å². The van der Waals surface area contributed by atoms with Crippen LogP contribution in [-0.4, -0.2) is 135 Å². The lowest BCUT2D eigenvalue weighted by Crippen LogP contribution is -2.22. The number of aliphatic hydroxyl groups is 1. The number of methoxy groups -OCH3 is 2. The smallest absolute Gasteiger partial charge is 0.338 e. The normalized spacial score (nSPS) is 11.3. The highest BCUT2D eigenvalue weighted by Gasteiger charge is 2.19. The van der Waals surface area contributed by atoms with Crippen LogP contribution < -0.4 is 14.2 Å². The lowest BCUT2D eigenvalue weighted by molar-refractivity contribution is -0.0437. The molecule has 49 heavy (non-hydrogen) atoms. The molecule has 0 saturated carbocycles. The molecular weight excluding hydrogens is 640 g/mol. The summed E-state index contributed by atoms with van der Waals surface area (Å²) in [7, 11) is 2.98. The van der Waals surface area contributed by atoms with Gasteiger partial charge in [-0.2, -0.15) is 0 Å². The van der Waals surface area contributed by atoms with E-state index in [2.05, 4.69) is 0 Å². The highest BCUT2D eigenvalue weighted by molar-refractivity contribution is 5.91. The minimum Gasteiger partial charge on any atom is -0.487 e. The number of aliphatic hydroxyl groups excluding tert-OH is 1. The van der Waals surface area contributed by atoms with E-state index in [9.17, 15) is 9.90 Å². The van der Waals surface area contributed by atoms with Crippen LogP contribution in [-0.2, 0) is 37.9 Å². The number of hydrogen-bond acceptors (Lipinski definition) is 13. The Balaban J connectivity index is 0. The highest BCUT2D eigenvalue weighted by Crippen LogP contribution is 2.39. The van der Waals surface area contributed by atoms with Gasteiger partial charge in [0.2, 0.25) is 5.75 Å². The number of benzene rings is 1. The predicted molar refractivity (Wildman–Crippen MR) is 190 cm³/mol. The van der Waals surface area contributed by atoms with Crippen molar-refractivity contribution in [1.29, 1.82) is 0 Å². The topological polar surface area (TPSA) is 139 Å². The maximum Gasteiger partial charge on any atom is 0.338 e. The summed E-state index contributed by atoms with van der Waals surface area (Å²) in [5, 5.41) is 9.27. The van der Waals surface area contributed by atoms with Gasteiger partial charge in [0.1, 0.15) is 19.8 Å². The third-order valence-electron chi connectivity index (χ3n) is 5.49. The number of ether oxygens (including phenoxy) is 11. The molecule has 0 radical (unpaired) electrons. The fourth-order valence-electron chi connectivity index (χ4n) is 3.20. The van der Waals surface area contributed by atoms with Crippen LogP contribution in [0.5, 0.6) is 17.2 Å². The zero-order chi connectivity index (χ0) is 37.6. The molecule has 13 nitrogen and oxygen atoms in total. The van der Waals surface area contributed by atoms with E-state index in [0.717, 1.165) is 0 Å². The van der Waals surface area contributed by atoms with Gasteiger partial charge in [-0.15, -0.1) is 0 Å². The van der Waals surface area contributed by atoms with E-state index in [4.69, 9.17) is 52.1 Å². The summed E-state index contributed by atoms with van der Waals surface area (Å²) in [4.78, 5) is 12.2. The Bertz CT molecular complexity index is 911. The van der Waals surface area contributed by atoms with Crippen LogP contribution in [0.15, 0.2) is 12.1 Å². The summed E-state index contributed by atoms with van der Waals surface area (Å²) < 4.78 is 60.5. The van der Waals surface area contributed by atoms with Gasteiger partial charge in [0.05, 0.1) is 103 Å². The maximum atomic E-state index is 12.2. The number of carbonyl (C=O) groups excluding carboxylic acids is 1. The summed E-state index contributed by atoms with van der Waals surface area (Å²) in [6.07, 6.45) is 0.384. The van der Waals surface area contributed by atoms with E-state index >= 15 is 0 Å². The fourth-order valence-corrected chi connectivity index (χ4v) is 3.20. The molecule has 13 heteroatoms. The molecule has 0 aromatic heterocycles. The minimum atomic E-state index is -0.569. The minimum absolute atomic E-state index is 0.00288. The molecular formula is C36H68O13. The van der Waals surface area contributed by atoms with Crippen molar-refractivity contribution in [2.75, 3.05) is 107 Å². The summed E-state index contributed by atoms with van der Waals surface area (Å²) in [5.41, 5.74) is -0.181. The van der Waals surface area contributed by atoms with Gasteiger partial charge in [0, 0.05) is 7.11 Å². The molecule has 0 aliphatic rings. The van der Waals surface area contributed by atoms with Crippen LogP contribution in [0.25, 0.3) is 0 Å². The van der Waals surface area contributed by atoms with Gasteiger partial charge in [-0.1, -0.05) is 13.8 Å². The molecule has 0 atom stereocenters. The number of rotatable bonds is 25. The molecule has 1 aromatic rings. The summed E-state index contributed by atoms with van der Waals surface area (Å²) in [6.45, 7) is 24.3. The van der Waals surface area contributed by atoms with Crippen molar-refractivity contribution in [2.24, 2.45) is 0 Å². The molecule has 0 unspecified atom stereocenters. The largest absolute Gasteiger partial charge is 0.487 e. The predicted octanol–water partition coefficient (Wildman–Crippen LogP) is 5.37. The van der Waals surface area contributed by atoms with Gasteiger partial charge < -0.3 is 57.2 Å². The average molecular weight is 709 g/mol. The van der Waals surface area contributed by atoms with Crippen molar-refractivity contribution in [3.63, 3.8) is 0 Å². The van der Waals surface area contributed by atoms with Gasteiger partial charge >= 0.3 is 5.97 Å². The van der Waals surface area contributed by atoms with Crippen molar-refractivity contribution in [2.45, 2.75) is 86.5 Å². The second-order valence-electron chi connectivity index (χ2n) is 12.2. The zero-order valence-corrected chi connectivity index (χ0v) is 32.5. The van der Waals surface area contributed by atoms with E-state index in [1.54, 1.807) is 7.11 Å². The van der Waals surface area contributed by atoms with Gasteiger partial charge in [0.25, 0.3) is 0 Å². The molecule has 0 saturated heterocycles. The van der Waals surface area contributed by atoms with Crippen LogP contribution in [0.4, 0.5) is 0 Å². The van der Waals surface area contributed by atoms with Crippen molar-refractivity contribution in [3.8, 4) is 17.2 Å². The monoisotopic (exact) mass is 708 g/mol. The molecule has 0 fully saturated rings. The van der Waals surface area contributed by atoms with Crippen molar-refractivity contribution < 1.29 is 62.0 Å². The van der Waals surface area contributed by atoms with Crippen molar-refractivity contribution >= 4 is 5.97 Å². The van der Waals surface area contributed by atoms with E-state index in [1.807, 2.05) is 69.2 Å². The molecule has 1 rings (SSSR count). The third-order valence-corrected chi connectivity index (χ3v) is 5.49. The lowest BCUT2D eigenvalue weighted by Gasteiger charge is -2.19. The molecule has 0 amide bonds. The molecule has 0 spiro atoms. The first-order valence-corrected chi connectivity index (χ1v) is 17.1. The van der Waals surface area contributed by atoms with Gasteiger partial charge in [-0.25, -0.2) is 4.79 Å². The van der Waals surface area contributed by atoms with Crippen LogP contribution in [0.1, 0.15) is 79.6 Å². The zero-order valence-electron chi connectivity index (χ0n) is 32.5. The SMILES string of the molecule is CC.COC(=O)c1cc(OCCO)c(OCCOCCOCCOC(C)(C)C)c(OCCOCCOCCOC(C)(C)C)c1.COC(C)C. The first kappa shape index (κ1) is 48.9. The lowest BCUT2D eigenvalue weighted by atomic mass is 10.2. The maximum absolute atomic E-state index is 12.2. The molecule has 290 valence electrons. The average Bonchev–Trinajstić information content (AvgIpc) is 3.05.